The summed E-state index contributed by atoms with van der Waals surface area (Å²) in [6.45, 7) is 5.43. The number of aryl methyl sites for hydroxylation is 1. The Kier molecular flexibility index (Phi) is 3.42. The average molecular weight is 194 g/mol. The third-order valence-electron chi connectivity index (χ3n) is 2.03. The van der Waals surface area contributed by atoms with Gasteiger partial charge in [0.05, 0.1) is 0 Å². The molecule has 1 N–H and O–H groups in total. The number of halogens is 1. The molecule has 0 spiro atoms. The lowest BCUT2D eigenvalue weighted by atomic mass is 10.0. The monoisotopic (exact) mass is 194 g/mol. The average Bonchev–Trinajstić information content (AvgIpc) is 2.08. The molecule has 0 aliphatic carbocycles. The van der Waals surface area contributed by atoms with E-state index in [1.807, 2.05) is 13.8 Å². The summed E-state index contributed by atoms with van der Waals surface area (Å²) in [6, 6.07) is 5.04. The minimum absolute atomic E-state index is 0.322. The lowest BCUT2D eigenvalue weighted by molar-refractivity contribution is 0.222. The van der Waals surface area contributed by atoms with Gasteiger partial charge in [0, 0.05) is 5.56 Å². The van der Waals surface area contributed by atoms with Gasteiger partial charge in [0.25, 0.3) is 0 Å². The molecule has 76 valence electrons. The molecule has 0 heterocycles. The SMILES string of the molecule is CC(C)=CC(O)c1cccc(C)c1F. The van der Waals surface area contributed by atoms with Gasteiger partial charge in [0.1, 0.15) is 11.9 Å². The lowest BCUT2D eigenvalue weighted by Gasteiger charge is -2.09. The number of rotatable bonds is 2. The maximum Gasteiger partial charge on any atom is 0.132 e. The van der Waals surface area contributed by atoms with E-state index in [0.29, 0.717) is 11.1 Å². The second kappa shape index (κ2) is 4.38. The summed E-state index contributed by atoms with van der Waals surface area (Å²) in [4.78, 5) is 0. The Morgan fingerprint density at radius 3 is 2.64 bits per heavy atom. The van der Waals surface area contributed by atoms with Crippen molar-refractivity contribution in [2.24, 2.45) is 0 Å². The minimum atomic E-state index is -0.847. The highest BCUT2D eigenvalue weighted by molar-refractivity contribution is 5.29. The summed E-state index contributed by atoms with van der Waals surface area (Å²) in [7, 11) is 0. The first kappa shape index (κ1) is 10.9. The summed E-state index contributed by atoms with van der Waals surface area (Å²) in [5.74, 6) is -0.322. The van der Waals surface area contributed by atoms with Gasteiger partial charge >= 0.3 is 0 Å². The third kappa shape index (κ3) is 2.42. The maximum atomic E-state index is 13.5. The summed E-state index contributed by atoms with van der Waals surface area (Å²) in [5, 5.41) is 9.68. The van der Waals surface area contributed by atoms with Crippen LogP contribution in [-0.2, 0) is 0 Å². The molecule has 1 aromatic carbocycles. The first-order valence-corrected chi connectivity index (χ1v) is 4.60. The van der Waals surface area contributed by atoms with Crippen LogP contribution >= 0.6 is 0 Å². The van der Waals surface area contributed by atoms with Crippen molar-refractivity contribution in [2.75, 3.05) is 0 Å². The van der Waals surface area contributed by atoms with Gasteiger partial charge in [-0.2, -0.15) is 0 Å². The van der Waals surface area contributed by atoms with Gasteiger partial charge < -0.3 is 5.11 Å². The molecule has 2 heteroatoms. The maximum absolute atomic E-state index is 13.5. The van der Waals surface area contributed by atoms with Crippen molar-refractivity contribution in [3.8, 4) is 0 Å². The van der Waals surface area contributed by atoms with Crippen LogP contribution in [0.2, 0.25) is 0 Å². The molecule has 0 aromatic heterocycles. The topological polar surface area (TPSA) is 20.2 Å². The number of aliphatic hydroxyl groups is 1. The van der Waals surface area contributed by atoms with E-state index in [9.17, 15) is 9.50 Å². The highest BCUT2D eigenvalue weighted by atomic mass is 19.1. The Bertz CT molecular complexity index is 351. The lowest BCUT2D eigenvalue weighted by Crippen LogP contribution is -1.99. The molecule has 0 bridgehead atoms. The summed E-state index contributed by atoms with van der Waals surface area (Å²) >= 11 is 0. The summed E-state index contributed by atoms with van der Waals surface area (Å²) in [6.07, 6.45) is 0.789. The Hall–Kier alpha value is -1.15. The number of benzene rings is 1. The smallest absolute Gasteiger partial charge is 0.132 e. The van der Waals surface area contributed by atoms with Gasteiger partial charge in [0.2, 0.25) is 0 Å². The zero-order chi connectivity index (χ0) is 10.7. The van der Waals surface area contributed by atoms with Crippen molar-refractivity contribution in [3.05, 3.63) is 46.8 Å². The fraction of sp³-hybridized carbons (Fsp3) is 0.333. The van der Waals surface area contributed by atoms with Crippen molar-refractivity contribution >= 4 is 0 Å². The van der Waals surface area contributed by atoms with Gasteiger partial charge in [-0.05, 0) is 26.3 Å². The van der Waals surface area contributed by atoms with E-state index in [-0.39, 0.29) is 5.82 Å². The molecule has 0 fully saturated rings. The Balaban J connectivity index is 3.07. The third-order valence-corrected chi connectivity index (χ3v) is 2.03. The van der Waals surface area contributed by atoms with E-state index >= 15 is 0 Å². The molecular formula is C12H15FO. The van der Waals surface area contributed by atoms with Crippen molar-refractivity contribution in [1.29, 1.82) is 0 Å². The minimum Gasteiger partial charge on any atom is -0.384 e. The second-order valence-electron chi connectivity index (χ2n) is 3.67. The van der Waals surface area contributed by atoms with Crippen molar-refractivity contribution in [3.63, 3.8) is 0 Å². The van der Waals surface area contributed by atoms with Gasteiger partial charge in [-0.25, -0.2) is 4.39 Å². The zero-order valence-electron chi connectivity index (χ0n) is 8.71. The van der Waals surface area contributed by atoms with E-state index < -0.39 is 6.10 Å². The van der Waals surface area contributed by atoms with Gasteiger partial charge in [-0.3, -0.25) is 0 Å². The van der Waals surface area contributed by atoms with Crippen LogP contribution in [0.1, 0.15) is 31.1 Å². The molecule has 1 atom stereocenters. The van der Waals surface area contributed by atoms with Crippen LogP contribution in [-0.4, -0.2) is 5.11 Å². The normalized spacial score (nSPS) is 12.4. The molecule has 1 unspecified atom stereocenters. The summed E-state index contributed by atoms with van der Waals surface area (Å²) in [5.41, 5.74) is 1.87. The molecule has 1 aromatic rings. The van der Waals surface area contributed by atoms with Crippen LogP contribution in [0.5, 0.6) is 0 Å². The second-order valence-corrected chi connectivity index (χ2v) is 3.67. The predicted octanol–water partition coefficient (Wildman–Crippen LogP) is 3.13. The Morgan fingerprint density at radius 2 is 2.07 bits per heavy atom. The fourth-order valence-electron chi connectivity index (χ4n) is 1.30. The molecule has 0 aliphatic rings. The van der Waals surface area contributed by atoms with Crippen LogP contribution < -0.4 is 0 Å². The van der Waals surface area contributed by atoms with Crippen LogP contribution in [0.3, 0.4) is 0 Å². The first-order chi connectivity index (χ1) is 6.52. The molecule has 0 aliphatic heterocycles. The molecule has 0 saturated carbocycles. The predicted molar refractivity (Wildman–Crippen MR) is 55.5 cm³/mol. The van der Waals surface area contributed by atoms with Crippen LogP contribution in [0, 0.1) is 12.7 Å². The van der Waals surface area contributed by atoms with E-state index in [2.05, 4.69) is 0 Å². The Morgan fingerprint density at radius 1 is 1.43 bits per heavy atom. The van der Waals surface area contributed by atoms with Crippen molar-refractivity contribution in [1.82, 2.24) is 0 Å². The van der Waals surface area contributed by atoms with E-state index in [1.165, 1.54) is 0 Å². The van der Waals surface area contributed by atoms with Crippen molar-refractivity contribution < 1.29 is 9.50 Å². The van der Waals surface area contributed by atoms with Gasteiger partial charge in [-0.1, -0.05) is 29.8 Å². The Labute approximate surface area is 83.9 Å². The first-order valence-electron chi connectivity index (χ1n) is 4.60. The standard InChI is InChI=1S/C12H15FO/c1-8(2)7-11(14)10-6-4-5-9(3)12(10)13/h4-7,11,14H,1-3H3. The van der Waals surface area contributed by atoms with Crippen LogP contribution in [0.15, 0.2) is 29.8 Å². The largest absolute Gasteiger partial charge is 0.384 e. The van der Waals surface area contributed by atoms with Crippen LogP contribution in [0.4, 0.5) is 4.39 Å². The zero-order valence-corrected chi connectivity index (χ0v) is 8.71. The molecule has 0 saturated heterocycles. The summed E-state index contributed by atoms with van der Waals surface area (Å²) < 4.78 is 13.5. The van der Waals surface area contributed by atoms with E-state index in [1.54, 1.807) is 31.2 Å². The number of allylic oxidation sites excluding steroid dienone is 1. The van der Waals surface area contributed by atoms with Crippen molar-refractivity contribution in [2.45, 2.75) is 26.9 Å². The quantitative estimate of drug-likeness (QED) is 0.717. The number of aliphatic hydroxyl groups excluding tert-OH is 1. The van der Waals surface area contributed by atoms with Gasteiger partial charge in [0.15, 0.2) is 0 Å². The fourth-order valence-corrected chi connectivity index (χ4v) is 1.30. The van der Waals surface area contributed by atoms with Crippen LogP contribution in [0.25, 0.3) is 0 Å². The van der Waals surface area contributed by atoms with E-state index in [0.717, 1.165) is 5.57 Å². The van der Waals surface area contributed by atoms with E-state index in [4.69, 9.17) is 0 Å². The molecule has 0 radical (unpaired) electrons. The van der Waals surface area contributed by atoms with Gasteiger partial charge in [-0.15, -0.1) is 0 Å². The molecular weight excluding hydrogens is 179 g/mol. The number of hydrogen-bond acceptors (Lipinski definition) is 1. The molecule has 1 rings (SSSR count). The molecule has 14 heavy (non-hydrogen) atoms. The molecule has 1 nitrogen and oxygen atoms in total. The highest BCUT2D eigenvalue weighted by Crippen LogP contribution is 2.21. The number of hydrogen-bond donors (Lipinski definition) is 1. The molecule has 0 amide bonds. The highest BCUT2D eigenvalue weighted by Gasteiger charge is 2.11.